The van der Waals surface area contributed by atoms with Crippen LogP contribution in [0, 0.1) is 13.8 Å². The molecule has 0 amide bonds. The molecular weight excluding hydrogens is 350 g/mol. The zero-order chi connectivity index (χ0) is 17.8. The maximum Gasteiger partial charge on any atom is 0.189 e. The average molecular weight is 374 g/mol. The van der Waals surface area contributed by atoms with Gasteiger partial charge in [0.1, 0.15) is 12.4 Å². The SMILES string of the molecule is CSCCOCn1ccc2c(-c3ccc(C)cc3C)nc(SC)nc21. The number of rotatable bonds is 7. The Kier molecular flexibility index (Phi) is 6.04. The predicted molar refractivity (Wildman–Crippen MR) is 109 cm³/mol. The van der Waals surface area contributed by atoms with Gasteiger partial charge < -0.3 is 9.30 Å². The first-order valence-electron chi connectivity index (χ1n) is 8.19. The van der Waals surface area contributed by atoms with Crippen molar-refractivity contribution in [2.45, 2.75) is 25.7 Å². The molecule has 0 N–H and O–H groups in total. The molecular formula is C19H23N3OS2. The molecule has 0 aliphatic carbocycles. The van der Waals surface area contributed by atoms with Gasteiger partial charge in [0.25, 0.3) is 0 Å². The number of benzene rings is 1. The predicted octanol–water partition coefficient (Wildman–Crippen LogP) is 4.77. The van der Waals surface area contributed by atoms with Crippen LogP contribution in [0.1, 0.15) is 11.1 Å². The zero-order valence-electron chi connectivity index (χ0n) is 15.1. The summed E-state index contributed by atoms with van der Waals surface area (Å²) in [5.41, 5.74) is 5.58. The van der Waals surface area contributed by atoms with E-state index in [2.05, 4.69) is 48.9 Å². The first-order chi connectivity index (χ1) is 12.1. The molecule has 0 unspecified atom stereocenters. The van der Waals surface area contributed by atoms with E-state index in [0.29, 0.717) is 6.73 Å². The minimum Gasteiger partial charge on any atom is -0.360 e. The molecule has 0 radical (unpaired) electrons. The van der Waals surface area contributed by atoms with Crippen LogP contribution in [0.3, 0.4) is 0 Å². The summed E-state index contributed by atoms with van der Waals surface area (Å²) < 4.78 is 7.82. The minimum atomic E-state index is 0.515. The van der Waals surface area contributed by atoms with Crippen LogP contribution in [0.2, 0.25) is 0 Å². The molecule has 0 saturated carbocycles. The molecule has 0 bridgehead atoms. The van der Waals surface area contributed by atoms with Gasteiger partial charge in [0.05, 0.1) is 12.3 Å². The van der Waals surface area contributed by atoms with Gasteiger partial charge in [-0.05, 0) is 38.0 Å². The Bertz CT molecular complexity index is 876. The van der Waals surface area contributed by atoms with E-state index in [-0.39, 0.29) is 0 Å². The van der Waals surface area contributed by atoms with E-state index >= 15 is 0 Å². The van der Waals surface area contributed by atoms with Crippen LogP contribution in [0.15, 0.2) is 35.6 Å². The number of thioether (sulfide) groups is 2. The molecule has 0 aliphatic heterocycles. The molecule has 0 saturated heterocycles. The summed E-state index contributed by atoms with van der Waals surface area (Å²) in [4.78, 5) is 9.51. The van der Waals surface area contributed by atoms with Gasteiger partial charge in [0, 0.05) is 22.9 Å². The smallest absolute Gasteiger partial charge is 0.189 e. The maximum atomic E-state index is 5.76. The number of hydrogen-bond acceptors (Lipinski definition) is 5. The van der Waals surface area contributed by atoms with E-state index < -0.39 is 0 Å². The van der Waals surface area contributed by atoms with Crippen LogP contribution in [-0.2, 0) is 11.5 Å². The molecule has 4 nitrogen and oxygen atoms in total. The van der Waals surface area contributed by atoms with E-state index in [4.69, 9.17) is 14.7 Å². The summed E-state index contributed by atoms with van der Waals surface area (Å²) in [5, 5.41) is 1.85. The van der Waals surface area contributed by atoms with Gasteiger partial charge in [0.15, 0.2) is 5.16 Å². The van der Waals surface area contributed by atoms with E-state index in [1.807, 2.05) is 12.5 Å². The first-order valence-corrected chi connectivity index (χ1v) is 10.8. The third-order valence-electron chi connectivity index (χ3n) is 4.08. The van der Waals surface area contributed by atoms with Crippen molar-refractivity contribution in [1.29, 1.82) is 0 Å². The van der Waals surface area contributed by atoms with Crippen molar-refractivity contribution >= 4 is 34.6 Å². The van der Waals surface area contributed by atoms with Crippen LogP contribution < -0.4 is 0 Å². The monoisotopic (exact) mass is 373 g/mol. The Balaban J connectivity index is 2.05. The number of fused-ring (bicyclic) bond motifs is 1. The second-order valence-corrected chi connectivity index (χ2v) is 7.69. The summed E-state index contributed by atoms with van der Waals surface area (Å²) >= 11 is 3.35. The second kappa shape index (κ2) is 8.25. The highest BCUT2D eigenvalue weighted by molar-refractivity contribution is 7.98. The molecule has 0 fully saturated rings. The Hall–Kier alpha value is -1.50. The Morgan fingerprint density at radius 3 is 2.68 bits per heavy atom. The lowest BCUT2D eigenvalue weighted by Gasteiger charge is -2.11. The molecule has 0 atom stereocenters. The van der Waals surface area contributed by atoms with Gasteiger partial charge in [-0.2, -0.15) is 11.8 Å². The maximum absolute atomic E-state index is 5.76. The van der Waals surface area contributed by atoms with E-state index in [1.54, 1.807) is 23.5 Å². The fraction of sp³-hybridized carbons (Fsp3) is 0.368. The molecule has 0 spiro atoms. The number of ether oxygens (including phenoxy) is 1. The largest absolute Gasteiger partial charge is 0.360 e. The number of nitrogens with zero attached hydrogens (tertiary/aromatic N) is 3. The topological polar surface area (TPSA) is 39.9 Å². The van der Waals surface area contributed by atoms with Crippen LogP contribution in [0.5, 0.6) is 0 Å². The normalized spacial score (nSPS) is 11.4. The van der Waals surface area contributed by atoms with Crippen LogP contribution >= 0.6 is 23.5 Å². The number of aromatic nitrogens is 3. The molecule has 132 valence electrons. The van der Waals surface area contributed by atoms with Crippen molar-refractivity contribution < 1.29 is 4.74 Å². The summed E-state index contributed by atoms with van der Waals surface area (Å²) in [7, 11) is 0. The van der Waals surface area contributed by atoms with E-state index in [0.717, 1.165) is 39.8 Å². The van der Waals surface area contributed by atoms with Crippen molar-refractivity contribution in [2.24, 2.45) is 0 Å². The molecule has 2 heterocycles. The highest BCUT2D eigenvalue weighted by Gasteiger charge is 2.14. The number of aryl methyl sites for hydroxylation is 2. The van der Waals surface area contributed by atoms with Crippen molar-refractivity contribution in [3.05, 3.63) is 41.6 Å². The quantitative estimate of drug-likeness (QED) is 0.339. The summed E-state index contributed by atoms with van der Waals surface area (Å²) in [6, 6.07) is 8.58. The van der Waals surface area contributed by atoms with E-state index in [9.17, 15) is 0 Å². The zero-order valence-corrected chi connectivity index (χ0v) is 16.7. The lowest BCUT2D eigenvalue weighted by Crippen LogP contribution is -2.05. The van der Waals surface area contributed by atoms with Gasteiger partial charge in [-0.15, -0.1) is 0 Å². The molecule has 0 aliphatic rings. The number of hydrogen-bond donors (Lipinski definition) is 0. The van der Waals surface area contributed by atoms with Crippen molar-refractivity contribution in [3.8, 4) is 11.3 Å². The molecule has 3 rings (SSSR count). The van der Waals surface area contributed by atoms with E-state index in [1.165, 1.54) is 11.1 Å². The van der Waals surface area contributed by atoms with Gasteiger partial charge in [0.2, 0.25) is 0 Å². The lowest BCUT2D eigenvalue weighted by molar-refractivity contribution is 0.0926. The molecule has 6 heteroatoms. The van der Waals surface area contributed by atoms with Gasteiger partial charge in [-0.3, -0.25) is 0 Å². The fourth-order valence-electron chi connectivity index (χ4n) is 2.83. The average Bonchev–Trinajstić information content (AvgIpc) is 3.01. The first kappa shape index (κ1) is 18.3. The van der Waals surface area contributed by atoms with Gasteiger partial charge in [-0.1, -0.05) is 35.5 Å². The Labute approximate surface area is 157 Å². The highest BCUT2D eigenvalue weighted by Crippen LogP contribution is 2.31. The molecule has 2 aromatic heterocycles. The van der Waals surface area contributed by atoms with Crippen molar-refractivity contribution in [3.63, 3.8) is 0 Å². The standard InChI is InChI=1S/C19H23N3OS2/c1-13-5-6-15(14(2)11-13)17-16-7-8-22(12-23-9-10-24-3)18(16)21-19(20-17)25-4/h5-8,11H,9-10,12H2,1-4H3. The van der Waals surface area contributed by atoms with Crippen LogP contribution in [0.25, 0.3) is 22.3 Å². The molecule has 25 heavy (non-hydrogen) atoms. The fourth-order valence-corrected chi connectivity index (χ4v) is 3.48. The minimum absolute atomic E-state index is 0.515. The highest BCUT2D eigenvalue weighted by atomic mass is 32.2. The van der Waals surface area contributed by atoms with Crippen LogP contribution in [0.4, 0.5) is 0 Å². The van der Waals surface area contributed by atoms with Crippen molar-refractivity contribution in [1.82, 2.24) is 14.5 Å². The molecule has 3 aromatic rings. The lowest BCUT2D eigenvalue weighted by atomic mass is 10.0. The van der Waals surface area contributed by atoms with Crippen molar-refractivity contribution in [2.75, 3.05) is 24.9 Å². The summed E-state index contributed by atoms with van der Waals surface area (Å²) in [6.45, 7) is 5.51. The van der Waals surface area contributed by atoms with Crippen LogP contribution in [-0.4, -0.2) is 39.4 Å². The van der Waals surface area contributed by atoms with Gasteiger partial charge >= 0.3 is 0 Å². The Morgan fingerprint density at radius 2 is 1.96 bits per heavy atom. The van der Waals surface area contributed by atoms with Gasteiger partial charge in [-0.25, -0.2) is 9.97 Å². The summed E-state index contributed by atoms with van der Waals surface area (Å²) in [5.74, 6) is 0.998. The third-order valence-corrected chi connectivity index (χ3v) is 5.20. The second-order valence-electron chi connectivity index (χ2n) is 5.93. The Morgan fingerprint density at radius 1 is 1.12 bits per heavy atom. The summed E-state index contributed by atoms with van der Waals surface area (Å²) in [6.07, 6.45) is 6.13. The molecule has 1 aromatic carbocycles. The third kappa shape index (κ3) is 4.02.